The zero-order valence-electron chi connectivity index (χ0n) is 8.40. The van der Waals surface area contributed by atoms with Gasteiger partial charge in [-0.25, -0.2) is 0 Å². The van der Waals surface area contributed by atoms with Crippen LogP contribution in [0.3, 0.4) is 0 Å². The summed E-state index contributed by atoms with van der Waals surface area (Å²) >= 11 is 0. The molecule has 0 fully saturated rings. The Kier molecular flexibility index (Phi) is 3.62. The summed E-state index contributed by atoms with van der Waals surface area (Å²) in [5, 5.41) is 3.75. The lowest BCUT2D eigenvalue weighted by atomic mass is 10.2. The molecule has 0 bridgehead atoms. The van der Waals surface area contributed by atoms with Crippen molar-refractivity contribution in [1.82, 2.24) is 4.90 Å². The van der Waals surface area contributed by atoms with E-state index in [0.717, 1.165) is 12.0 Å². The van der Waals surface area contributed by atoms with Crippen LogP contribution in [-0.4, -0.2) is 36.1 Å². The van der Waals surface area contributed by atoms with Crippen molar-refractivity contribution in [2.75, 3.05) is 7.05 Å². The van der Waals surface area contributed by atoms with Gasteiger partial charge in [-0.05, 0) is 6.92 Å². The third-order valence-electron chi connectivity index (χ3n) is 2.10. The van der Waals surface area contributed by atoms with E-state index in [2.05, 4.69) is 5.16 Å². The number of carbonyl (C=O) groups is 2. The molecule has 78 valence electrons. The molecule has 0 radical (unpaired) electrons. The van der Waals surface area contributed by atoms with Crippen molar-refractivity contribution >= 4 is 17.9 Å². The van der Waals surface area contributed by atoms with Crippen LogP contribution in [0.4, 0.5) is 0 Å². The predicted molar refractivity (Wildman–Crippen MR) is 50.7 cm³/mol. The van der Waals surface area contributed by atoms with Crippen molar-refractivity contribution in [1.29, 1.82) is 0 Å². The number of hydrogen-bond donors (Lipinski definition) is 0. The van der Waals surface area contributed by atoms with E-state index < -0.39 is 0 Å². The molecule has 5 nitrogen and oxygen atoms in total. The van der Waals surface area contributed by atoms with E-state index in [4.69, 9.17) is 4.84 Å². The van der Waals surface area contributed by atoms with Gasteiger partial charge in [0.25, 0.3) is 0 Å². The van der Waals surface area contributed by atoms with E-state index in [9.17, 15) is 9.59 Å². The third kappa shape index (κ3) is 2.55. The highest BCUT2D eigenvalue weighted by atomic mass is 16.7. The van der Waals surface area contributed by atoms with Crippen LogP contribution in [-0.2, 0) is 14.4 Å². The Morgan fingerprint density at radius 3 is 3.00 bits per heavy atom. The number of rotatable bonds is 4. The van der Waals surface area contributed by atoms with Gasteiger partial charge in [0.05, 0.1) is 5.71 Å². The first kappa shape index (κ1) is 10.7. The van der Waals surface area contributed by atoms with Crippen molar-refractivity contribution in [3.05, 3.63) is 0 Å². The molecule has 1 heterocycles. The van der Waals surface area contributed by atoms with Crippen LogP contribution in [0.1, 0.15) is 26.2 Å². The minimum absolute atomic E-state index is 0.0907. The normalized spacial score (nSPS) is 19.9. The molecule has 1 unspecified atom stereocenters. The Morgan fingerprint density at radius 2 is 2.50 bits per heavy atom. The maximum atomic E-state index is 11.4. The number of amides is 1. The minimum Gasteiger partial charge on any atom is -0.370 e. The highest BCUT2D eigenvalue weighted by Crippen LogP contribution is 2.14. The fourth-order valence-corrected chi connectivity index (χ4v) is 1.21. The topological polar surface area (TPSA) is 59.0 Å². The summed E-state index contributed by atoms with van der Waals surface area (Å²) in [5.41, 5.74) is 0.880. The number of aldehydes is 1. The molecule has 0 aliphatic carbocycles. The summed E-state index contributed by atoms with van der Waals surface area (Å²) in [4.78, 5) is 28.0. The Morgan fingerprint density at radius 1 is 1.79 bits per heavy atom. The molecular weight excluding hydrogens is 184 g/mol. The van der Waals surface area contributed by atoms with Crippen LogP contribution in [0.15, 0.2) is 5.16 Å². The van der Waals surface area contributed by atoms with Gasteiger partial charge in [-0.1, -0.05) is 5.16 Å². The van der Waals surface area contributed by atoms with Crippen LogP contribution in [0.5, 0.6) is 0 Å². The van der Waals surface area contributed by atoms with Gasteiger partial charge in [-0.15, -0.1) is 0 Å². The fraction of sp³-hybridized carbons (Fsp3) is 0.667. The van der Waals surface area contributed by atoms with E-state index in [1.165, 1.54) is 4.90 Å². The second-order valence-electron chi connectivity index (χ2n) is 3.30. The second-order valence-corrected chi connectivity index (χ2v) is 3.30. The van der Waals surface area contributed by atoms with Crippen LogP contribution in [0, 0.1) is 0 Å². The largest absolute Gasteiger partial charge is 0.370 e. The first-order chi connectivity index (χ1) is 6.65. The van der Waals surface area contributed by atoms with E-state index in [0.29, 0.717) is 6.42 Å². The number of nitrogens with zero attached hydrogens (tertiary/aromatic N) is 2. The smallest absolute Gasteiger partial charge is 0.225 e. The standard InChI is InChI=1S/C9H14N2O3/c1-7-6-9(14-10-7)11(2)8(13)4-3-5-12/h5,9H,3-4,6H2,1-2H3. The predicted octanol–water partition coefficient (Wildman–Crippen LogP) is 0.546. The molecular formula is C9H14N2O3. The van der Waals surface area contributed by atoms with E-state index in [1.54, 1.807) is 7.05 Å². The van der Waals surface area contributed by atoms with Crippen LogP contribution in [0.2, 0.25) is 0 Å². The maximum absolute atomic E-state index is 11.4. The summed E-state index contributed by atoms with van der Waals surface area (Å²) in [5.74, 6) is -0.0907. The van der Waals surface area contributed by atoms with Crippen molar-refractivity contribution < 1.29 is 14.4 Å². The lowest BCUT2D eigenvalue weighted by Crippen LogP contribution is -2.36. The number of oxime groups is 1. The van der Waals surface area contributed by atoms with Crippen molar-refractivity contribution in [2.45, 2.75) is 32.4 Å². The minimum atomic E-state index is -0.297. The van der Waals surface area contributed by atoms with Gasteiger partial charge < -0.3 is 14.5 Å². The monoisotopic (exact) mass is 198 g/mol. The fourth-order valence-electron chi connectivity index (χ4n) is 1.21. The highest BCUT2D eigenvalue weighted by molar-refractivity contribution is 5.84. The van der Waals surface area contributed by atoms with Crippen molar-refractivity contribution in [2.24, 2.45) is 5.16 Å². The molecule has 1 aliphatic rings. The van der Waals surface area contributed by atoms with E-state index >= 15 is 0 Å². The Balaban J connectivity index is 2.37. The average molecular weight is 198 g/mol. The summed E-state index contributed by atoms with van der Waals surface area (Å²) in [6.45, 7) is 1.85. The number of carbonyl (C=O) groups excluding carboxylic acids is 2. The molecule has 0 saturated carbocycles. The summed E-state index contributed by atoms with van der Waals surface area (Å²) in [6, 6.07) is 0. The molecule has 1 rings (SSSR count). The van der Waals surface area contributed by atoms with Gasteiger partial charge in [-0.3, -0.25) is 4.79 Å². The average Bonchev–Trinajstić information content (AvgIpc) is 2.60. The second kappa shape index (κ2) is 4.74. The molecule has 0 aromatic rings. The Bertz CT molecular complexity index is 263. The molecule has 1 atom stereocenters. The Hall–Kier alpha value is -1.39. The lowest BCUT2D eigenvalue weighted by molar-refractivity contribution is -0.141. The van der Waals surface area contributed by atoms with Gasteiger partial charge in [-0.2, -0.15) is 0 Å². The molecule has 0 spiro atoms. The molecule has 0 aromatic heterocycles. The van der Waals surface area contributed by atoms with Crippen molar-refractivity contribution in [3.8, 4) is 0 Å². The molecule has 0 aromatic carbocycles. The van der Waals surface area contributed by atoms with E-state index in [-0.39, 0.29) is 25.0 Å². The maximum Gasteiger partial charge on any atom is 0.225 e. The first-order valence-corrected chi connectivity index (χ1v) is 4.53. The zero-order chi connectivity index (χ0) is 10.6. The van der Waals surface area contributed by atoms with Gasteiger partial charge >= 0.3 is 0 Å². The van der Waals surface area contributed by atoms with Gasteiger partial charge in [0.1, 0.15) is 6.29 Å². The number of hydrogen-bond acceptors (Lipinski definition) is 4. The summed E-state index contributed by atoms with van der Waals surface area (Å²) in [6.07, 6.45) is 1.58. The molecule has 1 aliphatic heterocycles. The molecule has 5 heteroatoms. The first-order valence-electron chi connectivity index (χ1n) is 4.53. The zero-order valence-corrected chi connectivity index (χ0v) is 8.40. The molecule has 0 N–H and O–H groups in total. The summed E-state index contributed by atoms with van der Waals surface area (Å²) in [7, 11) is 1.66. The third-order valence-corrected chi connectivity index (χ3v) is 2.10. The SMILES string of the molecule is CC1=NOC(N(C)C(=O)CCC=O)C1. The summed E-state index contributed by atoms with van der Waals surface area (Å²) < 4.78 is 0. The van der Waals surface area contributed by atoms with Gasteiger partial charge in [0, 0.05) is 26.3 Å². The lowest BCUT2D eigenvalue weighted by Gasteiger charge is -2.21. The van der Waals surface area contributed by atoms with Gasteiger partial charge in [0.2, 0.25) is 12.1 Å². The van der Waals surface area contributed by atoms with E-state index in [1.807, 2.05) is 6.92 Å². The Labute approximate surface area is 82.7 Å². The van der Waals surface area contributed by atoms with Crippen LogP contribution >= 0.6 is 0 Å². The van der Waals surface area contributed by atoms with Gasteiger partial charge in [0.15, 0.2) is 0 Å². The quantitative estimate of drug-likeness (QED) is 0.620. The van der Waals surface area contributed by atoms with Crippen LogP contribution < -0.4 is 0 Å². The highest BCUT2D eigenvalue weighted by Gasteiger charge is 2.25. The molecule has 14 heavy (non-hydrogen) atoms. The molecule has 1 amide bonds. The van der Waals surface area contributed by atoms with Crippen molar-refractivity contribution in [3.63, 3.8) is 0 Å². The van der Waals surface area contributed by atoms with Crippen LogP contribution in [0.25, 0.3) is 0 Å². The molecule has 0 saturated heterocycles.